The van der Waals surface area contributed by atoms with E-state index in [1.807, 2.05) is 24.3 Å². The predicted octanol–water partition coefficient (Wildman–Crippen LogP) is 5.10. The van der Waals surface area contributed by atoms with Crippen LogP contribution >= 0.6 is 11.8 Å². The number of amides is 1. The molecule has 4 rings (SSSR count). The van der Waals surface area contributed by atoms with E-state index in [1.54, 1.807) is 11.8 Å². The number of nitrogens with zero attached hydrogens (tertiary/aromatic N) is 3. The lowest BCUT2D eigenvalue weighted by Crippen LogP contribution is -2.12. The minimum atomic E-state index is 0.0295. The summed E-state index contributed by atoms with van der Waals surface area (Å²) in [5.41, 5.74) is 3.05. The van der Waals surface area contributed by atoms with Gasteiger partial charge in [-0.05, 0) is 44.0 Å². The van der Waals surface area contributed by atoms with Crippen molar-refractivity contribution in [3.63, 3.8) is 0 Å². The van der Waals surface area contributed by atoms with Crippen molar-refractivity contribution in [1.29, 1.82) is 0 Å². The number of thioether (sulfide) groups is 1. The molecule has 2 aromatic carbocycles. The molecule has 3 aromatic rings. The number of fused-ring (bicyclic) bond motifs is 1. The van der Waals surface area contributed by atoms with Crippen molar-refractivity contribution in [3.05, 3.63) is 59.9 Å². The molecule has 0 spiro atoms. The molecule has 1 aliphatic heterocycles. The van der Waals surface area contributed by atoms with E-state index in [0.29, 0.717) is 6.42 Å². The smallest absolute Gasteiger partial charge is 0.225 e. The first kappa shape index (κ1) is 19.7. The standard InChI is InChI=1S/C23H26N4OS/c1-17-9-11-20(12-10-17)29-15-13-22(28)24-19-7-5-6-18(16-19)23-26-25-21-8-3-2-4-14-27(21)23/h5-7,9-12,16H,2-4,8,13-15H2,1H3,(H,24,28). The molecule has 1 aromatic heterocycles. The van der Waals surface area contributed by atoms with Crippen LogP contribution in [-0.4, -0.2) is 26.4 Å². The van der Waals surface area contributed by atoms with Crippen molar-refractivity contribution in [2.45, 2.75) is 50.5 Å². The van der Waals surface area contributed by atoms with Gasteiger partial charge in [0, 0.05) is 41.3 Å². The van der Waals surface area contributed by atoms with Gasteiger partial charge in [-0.25, -0.2) is 0 Å². The molecule has 1 amide bonds. The zero-order valence-electron chi connectivity index (χ0n) is 16.7. The van der Waals surface area contributed by atoms with Crippen LogP contribution in [0.1, 0.15) is 37.1 Å². The van der Waals surface area contributed by atoms with Gasteiger partial charge in [-0.3, -0.25) is 4.79 Å². The molecule has 5 nitrogen and oxygen atoms in total. The Hall–Kier alpha value is -2.60. The highest BCUT2D eigenvalue weighted by Crippen LogP contribution is 2.25. The number of hydrogen-bond donors (Lipinski definition) is 1. The predicted molar refractivity (Wildman–Crippen MR) is 118 cm³/mol. The molecule has 6 heteroatoms. The zero-order chi connectivity index (χ0) is 20.1. The van der Waals surface area contributed by atoms with E-state index in [9.17, 15) is 4.79 Å². The first-order chi connectivity index (χ1) is 14.2. The molecule has 0 bridgehead atoms. The maximum atomic E-state index is 12.4. The lowest BCUT2D eigenvalue weighted by atomic mass is 10.2. The third-order valence-electron chi connectivity index (χ3n) is 5.13. The second kappa shape index (κ2) is 9.27. The van der Waals surface area contributed by atoms with Crippen LogP contribution < -0.4 is 5.32 Å². The first-order valence-electron chi connectivity index (χ1n) is 10.2. The number of aromatic nitrogens is 3. The van der Waals surface area contributed by atoms with E-state index in [0.717, 1.165) is 48.0 Å². The summed E-state index contributed by atoms with van der Waals surface area (Å²) in [5.74, 6) is 2.75. The van der Waals surface area contributed by atoms with Crippen molar-refractivity contribution < 1.29 is 4.79 Å². The van der Waals surface area contributed by atoms with Gasteiger partial charge in [0.15, 0.2) is 5.82 Å². The number of benzene rings is 2. The average Bonchev–Trinajstić information content (AvgIpc) is 2.98. The Morgan fingerprint density at radius 3 is 2.83 bits per heavy atom. The van der Waals surface area contributed by atoms with Crippen molar-refractivity contribution in [3.8, 4) is 11.4 Å². The quantitative estimate of drug-likeness (QED) is 0.579. The molecule has 29 heavy (non-hydrogen) atoms. The molecule has 0 saturated heterocycles. The molecule has 0 radical (unpaired) electrons. The van der Waals surface area contributed by atoms with Gasteiger partial charge in [0.25, 0.3) is 0 Å². The van der Waals surface area contributed by atoms with Gasteiger partial charge in [0.1, 0.15) is 5.82 Å². The van der Waals surface area contributed by atoms with Crippen LogP contribution in [0.25, 0.3) is 11.4 Å². The fraction of sp³-hybridized carbons (Fsp3) is 0.348. The first-order valence-corrected chi connectivity index (χ1v) is 11.2. The van der Waals surface area contributed by atoms with Crippen molar-refractivity contribution in [2.24, 2.45) is 0 Å². The molecule has 1 aliphatic rings. The highest BCUT2D eigenvalue weighted by molar-refractivity contribution is 7.99. The maximum Gasteiger partial charge on any atom is 0.225 e. The van der Waals surface area contributed by atoms with Gasteiger partial charge in [0.2, 0.25) is 5.91 Å². The van der Waals surface area contributed by atoms with Gasteiger partial charge in [-0.15, -0.1) is 22.0 Å². The third kappa shape index (κ3) is 5.07. The average molecular weight is 407 g/mol. The van der Waals surface area contributed by atoms with Crippen LogP contribution in [0.3, 0.4) is 0 Å². The summed E-state index contributed by atoms with van der Waals surface area (Å²) in [4.78, 5) is 13.6. The van der Waals surface area contributed by atoms with Crippen molar-refractivity contribution >= 4 is 23.4 Å². The van der Waals surface area contributed by atoms with Crippen molar-refractivity contribution in [1.82, 2.24) is 14.8 Å². The number of nitrogens with one attached hydrogen (secondary N) is 1. The van der Waals surface area contributed by atoms with Gasteiger partial charge in [-0.2, -0.15) is 0 Å². The van der Waals surface area contributed by atoms with E-state index in [-0.39, 0.29) is 5.91 Å². The largest absolute Gasteiger partial charge is 0.326 e. The molecule has 0 unspecified atom stereocenters. The molecule has 0 saturated carbocycles. The molecule has 0 atom stereocenters. The minimum absolute atomic E-state index is 0.0295. The molecule has 0 aliphatic carbocycles. The Bertz CT molecular complexity index is 981. The number of carbonyl (C=O) groups is 1. The second-order valence-corrected chi connectivity index (χ2v) is 8.61. The Morgan fingerprint density at radius 2 is 1.97 bits per heavy atom. The number of rotatable bonds is 6. The molecule has 2 heterocycles. The fourth-order valence-electron chi connectivity index (χ4n) is 3.55. The summed E-state index contributed by atoms with van der Waals surface area (Å²) < 4.78 is 2.23. The lowest BCUT2D eigenvalue weighted by molar-refractivity contribution is -0.115. The highest BCUT2D eigenvalue weighted by atomic mass is 32.2. The van der Waals surface area contributed by atoms with Crippen molar-refractivity contribution in [2.75, 3.05) is 11.1 Å². The topological polar surface area (TPSA) is 59.8 Å². The molecule has 150 valence electrons. The van der Waals surface area contributed by atoms with E-state index >= 15 is 0 Å². The normalized spacial score (nSPS) is 13.6. The number of hydrogen-bond acceptors (Lipinski definition) is 4. The Morgan fingerprint density at radius 1 is 1.10 bits per heavy atom. The summed E-state index contributed by atoms with van der Waals surface area (Å²) in [6.45, 7) is 3.04. The Labute approximate surface area is 175 Å². The van der Waals surface area contributed by atoms with E-state index in [1.165, 1.54) is 23.3 Å². The van der Waals surface area contributed by atoms with Crippen LogP contribution in [0.15, 0.2) is 53.4 Å². The molecule has 1 N–H and O–H groups in total. The third-order valence-corrected chi connectivity index (χ3v) is 6.15. The molecule has 0 fully saturated rings. The summed E-state index contributed by atoms with van der Waals surface area (Å²) in [6.07, 6.45) is 5.03. The lowest BCUT2D eigenvalue weighted by Gasteiger charge is -2.09. The summed E-state index contributed by atoms with van der Waals surface area (Å²) in [7, 11) is 0. The van der Waals surface area contributed by atoms with E-state index in [2.05, 4.69) is 51.3 Å². The SMILES string of the molecule is Cc1ccc(SCCC(=O)Nc2cccc(-c3nnc4n3CCCCC4)c2)cc1. The molecular formula is C23H26N4OS. The van der Waals surface area contributed by atoms with Crippen LogP contribution in [0.4, 0.5) is 5.69 Å². The van der Waals surface area contributed by atoms with Crippen LogP contribution in [0, 0.1) is 6.92 Å². The zero-order valence-corrected chi connectivity index (χ0v) is 17.5. The summed E-state index contributed by atoms with van der Waals surface area (Å²) in [5, 5.41) is 11.8. The van der Waals surface area contributed by atoms with E-state index in [4.69, 9.17) is 0 Å². The van der Waals surface area contributed by atoms with Gasteiger partial charge < -0.3 is 9.88 Å². The Kier molecular flexibility index (Phi) is 6.30. The van der Waals surface area contributed by atoms with E-state index < -0.39 is 0 Å². The second-order valence-electron chi connectivity index (χ2n) is 7.44. The number of anilines is 1. The monoisotopic (exact) mass is 406 g/mol. The van der Waals surface area contributed by atoms with Gasteiger partial charge in [-0.1, -0.05) is 36.2 Å². The van der Waals surface area contributed by atoms with Crippen LogP contribution in [0.5, 0.6) is 0 Å². The van der Waals surface area contributed by atoms with Gasteiger partial charge in [0.05, 0.1) is 0 Å². The number of carbonyl (C=O) groups excluding carboxylic acids is 1. The Balaban J connectivity index is 1.37. The summed E-state index contributed by atoms with van der Waals surface area (Å²) in [6, 6.07) is 16.3. The minimum Gasteiger partial charge on any atom is -0.326 e. The highest BCUT2D eigenvalue weighted by Gasteiger charge is 2.16. The van der Waals surface area contributed by atoms with Crippen LogP contribution in [0.2, 0.25) is 0 Å². The van der Waals surface area contributed by atoms with Gasteiger partial charge >= 0.3 is 0 Å². The van der Waals surface area contributed by atoms with Crippen LogP contribution in [-0.2, 0) is 17.8 Å². The maximum absolute atomic E-state index is 12.4. The summed E-state index contributed by atoms with van der Waals surface area (Å²) >= 11 is 1.70. The number of aryl methyl sites for hydroxylation is 2. The fourth-order valence-corrected chi connectivity index (χ4v) is 4.41. The molecular weight excluding hydrogens is 380 g/mol.